The smallest absolute Gasteiger partial charge is 0.230 e. The molecule has 1 aliphatic carbocycles. The van der Waals surface area contributed by atoms with Crippen molar-refractivity contribution < 1.29 is 4.79 Å². The van der Waals surface area contributed by atoms with E-state index in [0.29, 0.717) is 11.9 Å². The minimum absolute atomic E-state index is 0.120. The summed E-state index contributed by atoms with van der Waals surface area (Å²) in [5.74, 6) is 1.25. The molecule has 0 aromatic carbocycles. The van der Waals surface area contributed by atoms with Crippen LogP contribution in [0.5, 0.6) is 0 Å². The van der Waals surface area contributed by atoms with Crippen molar-refractivity contribution in [3.8, 4) is 0 Å². The molecule has 1 N–H and O–H groups in total. The van der Waals surface area contributed by atoms with Crippen LogP contribution in [0.1, 0.15) is 65.2 Å². The lowest BCUT2D eigenvalue weighted by Gasteiger charge is -2.42. The third-order valence-electron chi connectivity index (χ3n) is 5.51. The Morgan fingerprint density at radius 2 is 2.00 bits per heavy atom. The molecule has 0 aromatic heterocycles. The summed E-state index contributed by atoms with van der Waals surface area (Å²) in [7, 11) is 2.05. The molecular formula is C17H32N2O. The van der Waals surface area contributed by atoms with Crippen molar-refractivity contribution in [2.45, 2.75) is 71.3 Å². The number of hydrogen-bond donors (Lipinski definition) is 1. The monoisotopic (exact) mass is 280 g/mol. The van der Waals surface area contributed by atoms with E-state index < -0.39 is 0 Å². The summed E-state index contributed by atoms with van der Waals surface area (Å²) in [6.07, 6.45) is 9.29. The van der Waals surface area contributed by atoms with Gasteiger partial charge in [0, 0.05) is 19.6 Å². The highest BCUT2D eigenvalue weighted by Gasteiger charge is 2.42. The van der Waals surface area contributed by atoms with Crippen LogP contribution >= 0.6 is 0 Å². The number of nitrogens with one attached hydrogen (secondary N) is 1. The summed E-state index contributed by atoms with van der Waals surface area (Å²) >= 11 is 0. The molecule has 0 aromatic rings. The van der Waals surface area contributed by atoms with E-state index in [1.54, 1.807) is 0 Å². The lowest BCUT2D eigenvalue weighted by molar-refractivity contribution is -0.145. The van der Waals surface area contributed by atoms with Crippen LogP contribution in [-0.2, 0) is 4.79 Å². The van der Waals surface area contributed by atoms with E-state index in [2.05, 4.69) is 31.1 Å². The van der Waals surface area contributed by atoms with Gasteiger partial charge in [-0.1, -0.05) is 20.3 Å². The number of amides is 1. The molecule has 2 fully saturated rings. The molecule has 3 heteroatoms. The van der Waals surface area contributed by atoms with E-state index in [1.807, 2.05) is 0 Å². The first kappa shape index (κ1) is 15.8. The van der Waals surface area contributed by atoms with Crippen LogP contribution in [0.4, 0.5) is 0 Å². The van der Waals surface area contributed by atoms with Crippen LogP contribution in [0.15, 0.2) is 0 Å². The molecule has 20 heavy (non-hydrogen) atoms. The average Bonchev–Trinajstić information content (AvgIpc) is 2.48. The molecule has 2 rings (SSSR count). The lowest BCUT2D eigenvalue weighted by atomic mass is 9.75. The van der Waals surface area contributed by atoms with E-state index in [1.165, 1.54) is 25.7 Å². The largest absolute Gasteiger partial charge is 0.342 e. The molecule has 1 saturated carbocycles. The Labute approximate surface area is 124 Å². The maximum Gasteiger partial charge on any atom is 0.230 e. The summed E-state index contributed by atoms with van der Waals surface area (Å²) in [4.78, 5) is 15.2. The molecule has 1 amide bonds. The standard InChI is InChI=1S/C17H32N2O/c1-4-10-17(11-5-12-18-13-17)16(20)19(3)15-8-6-14(2)7-9-15/h14-15,18H,4-13H2,1-3H3. The van der Waals surface area contributed by atoms with Gasteiger partial charge in [0.05, 0.1) is 5.41 Å². The van der Waals surface area contributed by atoms with Crippen molar-refractivity contribution >= 4 is 5.91 Å². The van der Waals surface area contributed by atoms with Crippen molar-refractivity contribution in [2.75, 3.05) is 20.1 Å². The van der Waals surface area contributed by atoms with Gasteiger partial charge < -0.3 is 10.2 Å². The zero-order valence-corrected chi connectivity index (χ0v) is 13.6. The van der Waals surface area contributed by atoms with E-state index in [-0.39, 0.29) is 5.41 Å². The van der Waals surface area contributed by atoms with Crippen molar-refractivity contribution in [2.24, 2.45) is 11.3 Å². The maximum absolute atomic E-state index is 13.1. The molecule has 1 atom stereocenters. The average molecular weight is 280 g/mol. The van der Waals surface area contributed by atoms with Crippen molar-refractivity contribution in [1.29, 1.82) is 0 Å². The molecule has 1 heterocycles. The SMILES string of the molecule is CCCC1(C(=O)N(C)C2CCC(C)CC2)CCCNC1. The van der Waals surface area contributed by atoms with Gasteiger partial charge in [-0.05, 0) is 57.4 Å². The predicted octanol–water partition coefficient (Wildman–Crippen LogP) is 3.19. The normalized spacial score (nSPS) is 34.8. The van der Waals surface area contributed by atoms with Crippen LogP contribution in [0, 0.1) is 11.3 Å². The summed E-state index contributed by atoms with van der Waals surface area (Å²) in [5.41, 5.74) is -0.120. The van der Waals surface area contributed by atoms with Crippen LogP contribution < -0.4 is 5.32 Å². The van der Waals surface area contributed by atoms with E-state index in [4.69, 9.17) is 0 Å². The third kappa shape index (κ3) is 3.36. The summed E-state index contributed by atoms with van der Waals surface area (Å²) in [6, 6.07) is 0.481. The number of carbonyl (C=O) groups excluding carboxylic acids is 1. The van der Waals surface area contributed by atoms with Crippen LogP contribution in [0.3, 0.4) is 0 Å². The van der Waals surface area contributed by atoms with Crippen molar-refractivity contribution in [1.82, 2.24) is 10.2 Å². The Balaban J connectivity index is 2.02. The van der Waals surface area contributed by atoms with Gasteiger partial charge in [0.15, 0.2) is 0 Å². The molecule has 2 aliphatic rings. The molecule has 116 valence electrons. The quantitative estimate of drug-likeness (QED) is 0.857. The minimum Gasteiger partial charge on any atom is -0.342 e. The van der Waals surface area contributed by atoms with Gasteiger partial charge in [0.2, 0.25) is 5.91 Å². The fraction of sp³-hybridized carbons (Fsp3) is 0.941. The molecule has 0 bridgehead atoms. The predicted molar refractivity (Wildman–Crippen MR) is 83.6 cm³/mol. The fourth-order valence-corrected chi connectivity index (χ4v) is 4.12. The summed E-state index contributed by atoms with van der Waals surface area (Å²) in [6.45, 7) is 6.49. The van der Waals surface area contributed by atoms with Crippen molar-refractivity contribution in [3.05, 3.63) is 0 Å². The van der Waals surface area contributed by atoms with Gasteiger partial charge in [-0.25, -0.2) is 0 Å². The van der Waals surface area contributed by atoms with Crippen LogP contribution in [-0.4, -0.2) is 37.0 Å². The first-order chi connectivity index (χ1) is 9.59. The van der Waals surface area contributed by atoms with Crippen molar-refractivity contribution in [3.63, 3.8) is 0 Å². The lowest BCUT2D eigenvalue weighted by Crippen LogP contribution is -2.53. The van der Waals surface area contributed by atoms with E-state index in [0.717, 1.165) is 44.7 Å². The zero-order valence-electron chi connectivity index (χ0n) is 13.6. The number of rotatable bonds is 4. The van der Waals surface area contributed by atoms with Crippen LogP contribution in [0.2, 0.25) is 0 Å². The second-order valence-corrected chi connectivity index (χ2v) is 7.14. The Bertz CT molecular complexity index is 309. The fourth-order valence-electron chi connectivity index (χ4n) is 4.12. The molecule has 0 radical (unpaired) electrons. The second kappa shape index (κ2) is 6.93. The summed E-state index contributed by atoms with van der Waals surface area (Å²) < 4.78 is 0. The van der Waals surface area contributed by atoms with Gasteiger partial charge in [-0.15, -0.1) is 0 Å². The minimum atomic E-state index is -0.120. The van der Waals surface area contributed by atoms with Gasteiger partial charge in [0.25, 0.3) is 0 Å². The molecule has 3 nitrogen and oxygen atoms in total. The Morgan fingerprint density at radius 3 is 2.55 bits per heavy atom. The van der Waals surface area contributed by atoms with Gasteiger partial charge in [-0.2, -0.15) is 0 Å². The molecule has 0 spiro atoms. The molecule has 1 saturated heterocycles. The highest BCUT2D eigenvalue weighted by Crippen LogP contribution is 2.36. The zero-order chi connectivity index (χ0) is 14.6. The third-order valence-corrected chi connectivity index (χ3v) is 5.51. The van der Waals surface area contributed by atoms with E-state index >= 15 is 0 Å². The first-order valence-corrected chi connectivity index (χ1v) is 8.57. The van der Waals surface area contributed by atoms with Gasteiger partial charge >= 0.3 is 0 Å². The molecule has 1 aliphatic heterocycles. The molecule has 1 unspecified atom stereocenters. The number of piperidine rings is 1. The molecular weight excluding hydrogens is 248 g/mol. The topological polar surface area (TPSA) is 32.3 Å². The Kier molecular flexibility index (Phi) is 5.48. The van der Waals surface area contributed by atoms with Crippen LogP contribution in [0.25, 0.3) is 0 Å². The number of nitrogens with zero attached hydrogens (tertiary/aromatic N) is 1. The second-order valence-electron chi connectivity index (χ2n) is 7.14. The van der Waals surface area contributed by atoms with E-state index in [9.17, 15) is 4.79 Å². The van der Waals surface area contributed by atoms with Gasteiger partial charge in [-0.3, -0.25) is 4.79 Å². The number of hydrogen-bond acceptors (Lipinski definition) is 2. The summed E-state index contributed by atoms with van der Waals surface area (Å²) in [5, 5.41) is 3.46. The Hall–Kier alpha value is -0.570. The maximum atomic E-state index is 13.1. The highest BCUT2D eigenvalue weighted by atomic mass is 16.2. The van der Waals surface area contributed by atoms with Gasteiger partial charge in [0.1, 0.15) is 0 Å². The highest BCUT2D eigenvalue weighted by molar-refractivity contribution is 5.83. The Morgan fingerprint density at radius 1 is 1.30 bits per heavy atom. The first-order valence-electron chi connectivity index (χ1n) is 8.57. The number of carbonyl (C=O) groups is 1.